The molecule has 0 radical (unpaired) electrons. The number of hydrogen-bond donors (Lipinski definition) is 1. The largest absolute Gasteiger partial charge is 0.496 e. The molecule has 1 N–H and O–H groups in total. The van der Waals surface area contributed by atoms with E-state index in [1.165, 1.54) is 12.2 Å². The zero-order valence-corrected chi connectivity index (χ0v) is 16.6. The Kier molecular flexibility index (Phi) is 7.33. The number of methoxy groups -OCH3 is 1. The van der Waals surface area contributed by atoms with Gasteiger partial charge in [-0.2, -0.15) is 0 Å². The molecule has 0 saturated heterocycles. The number of carbonyl (C=O) groups excluding carboxylic acids is 2. The summed E-state index contributed by atoms with van der Waals surface area (Å²) in [6, 6.07) is 14.6. The first-order valence-corrected chi connectivity index (χ1v) is 9.40. The Labute approximate surface area is 174 Å². The van der Waals surface area contributed by atoms with E-state index in [1.807, 2.05) is 30.3 Å². The maximum Gasteiger partial charge on any atom is 0.163 e. The second-order valence-corrected chi connectivity index (χ2v) is 6.42. The zero-order valence-electron chi connectivity index (χ0n) is 16.6. The molecule has 0 fully saturated rings. The van der Waals surface area contributed by atoms with E-state index in [1.54, 1.807) is 49.9 Å². The van der Waals surface area contributed by atoms with E-state index >= 15 is 0 Å². The van der Waals surface area contributed by atoms with Gasteiger partial charge in [0, 0.05) is 29.7 Å². The van der Waals surface area contributed by atoms with Crippen LogP contribution in [-0.2, 0) is 16.2 Å². The summed E-state index contributed by atoms with van der Waals surface area (Å²) in [6.45, 7) is 0.343. The van der Waals surface area contributed by atoms with Crippen molar-refractivity contribution < 1.29 is 19.1 Å². The van der Waals surface area contributed by atoms with E-state index < -0.39 is 0 Å². The molecule has 30 heavy (non-hydrogen) atoms. The van der Waals surface area contributed by atoms with Crippen LogP contribution in [-0.4, -0.2) is 28.6 Å². The monoisotopic (exact) mass is 402 g/mol. The summed E-state index contributed by atoms with van der Waals surface area (Å²) < 4.78 is 11.1. The second kappa shape index (κ2) is 10.6. The molecule has 0 saturated carbocycles. The lowest BCUT2D eigenvalue weighted by molar-refractivity contribution is -0.121. The minimum absolute atomic E-state index is 0.193. The predicted molar refractivity (Wildman–Crippen MR) is 115 cm³/mol. The van der Waals surface area contributed by atoms with Gasteiger partial charge in [-0.15, -0.1) is 0 Å². The summed E-state index contributed by atoms with van der Waals surface area (Å²) in [5, 5.41) is 0. The van der Waals surface area contributed by atoms with Gasteiger partial charge < -0.3 is 14.5 Å². The van der Waals surface area contributed by atoms with E-state index in [2.05, 4.69) is 9.97 Å². The van der Waals surface area contributed by atoms with Gasteiger partial charge in [0.2, 0.25) is 0 Å². The Morgan fingerprint density at radius 1 is 1.03 bits per heavy atom. The molecule has 2 heterocycles. The molecule has 2 aromatic heterocycles. The highest BCUT2D eigenvalue weighted by atomic mass is 16.5. The number of aromatic nitrogens is 2. The smallest absolute Gasteiger partial charge is 0.163 e. The lowest BCUT2D eigenvalue weighted by atomic mass is 10.1. The third kappa shape index (κ3) is 6.31. The SMILES string of the molecule is COc1cc(OCc2ccccn2)ccc1C=CC(=O)CC(=O)C=Cc1ccc[nH]1. The van der Waals surface area contributed by atoms with Crippen LogP contribution in [0.15, 0.2) is 73.1 Å². The average molecular weight is 402 g/mol. The topological polar surface area (TPSA) is 81.3 Å². The van der Waals surface area contributed by atoms with Crippen molar-refractivity contribution in [3.8, 4) is 11.5 Å². The maximum absolute atomic E-state index is 12.1. The van der Waals surface area contributed by atoms with Gasteiger partial charge in [0.15, 0.2) is 11.6 Å². The molecule has 0 amide bonds. The molecule has 1 aromatic carbocycles. The van der Waals surface area contributed by atoms with Gasteiger partial charge >= 0.3 is 0 Å². The first kappa shape index (κ1) is 20.8. The van der Waals surface area contributed by atoms with E-state index in [4.69, 9.17) is 9.47 Å². The van der Waals surface area contributed by atoms with E-state index in [-0.39, 0.29) is 18.0 Å². The van der Waals surface area contributed by atoms with Crippen LogP contribution < -0.4 is 9.47 Å². The Balaban J connectivity index is 1.57. The first-order chi connectivity index (χ1) is 14.6. The molecule has 6 heteroatoms. The summed E-state index contributed by atoms with van der Waals surface area (Å²) in [6.07, 6.45) is 9.34. The summed E-state index contributed by atoms with van der Waals surface area (Å²) in [5.41, 5.74) is 2.34. The normalized spacial score (nSPS) is 11.1. The van der Waals surface area contributed by atoms with E-state index in [9.17, 15) is 9.59 Å². The molecule has 6 nitrogen and oxygen atoms in total. The van der Waals surface area contributed by atoms with Gasteiger partial charge in [-0.05, 0) is 60.7 Å². The fraction of sp³-hybridized carbons (Fsp3) is 0.125. The molecular weight excluding hydrogens is 380 g/mol. The van der Waals surface area contributed by atoms with Crippen LogP contribution in [0.1, 0.15) is 23.4 Å². The van der Waals surface area contributed by atoms with Crippen molar-refractivity contribution in [3.05, 3.63) is 90.0 Å². The first-order valence-electron chi connectivity index (χ1n) is 9.40. The highest BCUT2D eigenvalue weighted by Crippen LogP contribution is 2.26. The lowest BCUT2D eigenvalue weighted by Gasteiger charge is -2.09. The third-order valence-electron chi connectivity index (χ3n) is 4.19. The zero-order chi connectivity index (χ0) is 21.2. The van der Waals surface area contributed by atoms with Crippen LogP contribution in [0.25, 0.3) is 12.2 Å². The molecule has 3 aromatic rings. The van der Waals surface area contributed by atoms with Gasteiger partial charge in [0.1, 0.15) is 18.1 Å². The van der Waals surface area contributed by atoms with Crippen molar-refractivity contribution >= 4 is 23.7 Å². The molecule has 0 aliphatic carbocycles. The number of aromatic amines is 1. The maximum atomic E-state index is 12.1. The number of nitrogens with one attached hydrogen (secondary N) is 1. The third-order valence-corrected chi connectivity index (χ3v) is 4.19. The minimum Gasteiger partial charge on any atom is -0.496 e. The van der Waals surface area contributed by atoms with Gasteiger partial charge in [-0.1, -0.05) is 6.07 Å². The van der Waals surface area contributed by atoms with Gasteiger partial charge in [0.25, 0.3) is 0 Å². The van der Waals surface area contributed by atoms with Crippen LogP contribution in [0.3, 0.4) is 0 Å². The van der Waals surface area contributed by atoms with Gasteiger partial charge in [-0.3, -0.25) is 14.6 Å². The number of rotatable bonds is 10. The molecule has 0 spiro atoms. The molecule has 3 rings (SSSR count). The Morgan fingerprint density at radius 3 is 2.57 bits per heavy atom. The fourth-order valence-electron chi connectivity index (χ4n) is 2.66. The highest BCUT2D eigenvalue weighted by Gasteiger charge is 2.07. The number of pyridine rings is 1. The number of allylic oxidation sites excluding steroid dienone is 2. The Bertz CT molecular complexity index is 1040. The summed E-state index contributed by atoms with van der Waals surface area (Å²) in [5.74, 6) is 0.652. The van der Waals surface area contributed by atoms with Crippen LogP contribution >= 0.6 is 0 Å². The number of carbonyl (C=O) groups is 2. The number of nitrogens with zero attached hydrogens (tertiary/aromatic N) is 1. The highest BCUT2D eigenvalue weighted by molar-refractivity contribution is 6.10. The Morgan fingerprint density at radius 2 is 1.87 bits per heavy atom. The minimum atomic E-state index is -0.284. The van der Waals surface area contributed by atoms with Crippen molar-refractivity contribution in [2.45, 2.75) is 13.0 Å². The van der Waals surface area contributed by atoms with Crippen LogP contribution in [0.5, 0.6) is 11.5 Å². The lowest BCUT2D eigenvalue weighted by Crippen LogP contribution is -2.02. The van der Waals surface area contributed by atoms with Crippen molar-refractivity contribution in [2.24, 2.45) is 0 Å². The molecule has 0 unspecified atom stereocenters. The van der Waals surface area contributed by atoms with Crippen LogP contribution in [0.4, 0.5) is 0 Å². The predicted octanol–water partition coefficient (Wildman–Crippen LogP) is 4.25. The van der Waals surface area contributed by atoms with E-state index in [0.29, 0.717) is 23.7 Å². The number of benzene rings is 1. The average Bonchev–Trinajstić information content (AvgIpc) is 3.29. The van der Waals surface area contributed by atoms with Gasteiger partial charge in [-0.25, -0.2) is 0 Å². The number of hydrogen-bond acceptors (Lipinski definition) is 5. The molecular formula is C24H22N2O4. The summed E-state index contributed by atoms with van der Waals surface area (Å²) >= 11 is 0. The molecule has 152 valence electrons. The second-order valence-electron chi connectivity index (χ2n) is 6.42. The summed E-state index contributed by atoms with van der Waals surface area (Å²) in [7, 11) is 1.55. The Hall–Kier alpha value is -3.93. The molecule has 0 aliphatic heterocycles. The van der Waals surface area contributed by atoms with Crippen LogP contribution in [0.2, 0.25) is 0 Å². The van der Waals surface area contributed by atoms with E-state index in [0.717, 1.165) is 11.4 Å². The van der Waals surface area contributed by atoms with Crippen molar-refractivity contribution in [1.29, 1.82) is 0 Å². The fourth-order valence-corrected chi connectivity index (χ4v) is 2.66. The quantitative estimate of drug-likeness (QED) is 0.405. The number of ketones is 2. The molecule has 0 bridgehead atoms. The van der Waals surface area contributed by atoms with Crippen molar-refractivity contribution in [3.63, 3.8) is 0 Å². The van der Waals surface area contributed by atoms with Gasteiger partial charge in [0.05, 0.1) is 19.2 Å². The van der Waals surface area contributed by atoms with Crippen LogP contribution in [0, 0.1) is 0 Å². The number of ether oxygens (including phenoxy) is 2. The molecule has 0 aliphatic rings. The number of H-pyrrole nitrogens is 1. The van der Waals surface area contributed by atoms with Crippen molar-refractivity contribution in [1.82, 2.24) is 9.97 Å². The van der Waals surface area contributed by atoms with Crippen molar-refractivity contribution in [2.75, 3.05) is 7.11 Å². The summed E-state index contributed by atoms with van der Waals surface area (Å²) in [4.78, 5) is 31.2. The molecule has 0 atom stereocenters. The standard InChI is InChI=1S/C24H22N2O4/c1-29-24-16-23(30-17-20-5-2-3-13-26-20)12-8-18(24)7-10-21(27)15-22(28)11-9-19-6-4-14-25-19/h2-14,16,25H,15,17H2,1H3.